The summed E-state index contributed by atoms with van der Waals surface area (Å²) < 4.78 is 24.6. The van der Waals surface area contributed by atoms with Crippen LogP contribution in [0.3, 0.4) is 0 Å². The van der Waals surface area contributed by atoms with Crippen molar-refractivity contribution in [3.05, 3.63) is 437 Å². The predicted molar refractivity (Wildman–Crippen MR) is 527 cm³/mol. The minimum Gasteiger partial charge on any atom is -0.456 e. The molecule has 28 aromatic rings. The molecule has 0 amide bonds. The number of para-hydroxylation sites is 5. The average Bonchev–Trinajstić information content (AvgIpc) is 1.12. The Balaban J connectivity index is 0.0000000906. The number of benzene rings is 24. The molecule has 4 heteroatoms. The summed E-state index contributed by atoms with van der Waals surface area (Å²) in [6.45, 7) is 0. The van der Waals surface area contributed by atoms with Crippen molar-refractivity contribution in [1.82, 2.24) is 0 Å². The summed E-state index contributed by atoms with van der Waals surface area (Å²) in [5.74, 6) is 0. The smallest absolute Gasteiger partial charge is 0.143 e. The molecular formula is C120H72O4. The number of hydrogen-bond donors (Lipinski definition) is 0. The summed E-state index contributed by atoms with van der Waals surface area (Å²) in [4.78, 5) is 0. The Labute approximate surface area is 711 Å². The molecule has 0 atom stereocenters. The zero-order valence-electron chi connectivity index (χ0n) is 67.2. The first-order valence-corrected chi connectivity index (χ1v) is 42.5. The van der Waals surface area contributed by atoms with E-state index in [4.69, 9.17) is 17.7 Å². The van der Waals surface area contributed by atoms with Gasteiger partial charge in [0.25, 0.3) is 0 Å². The van der Waals surface area contributed by atoms with E-state index in [0.29, 0.717) is 0 Å². The summed E-state index contributed by atoms with van der Waals surface area (Å²) in [6, 6.07) is 156. The van der Waals surface area contributed by atoms with E-state index < -0.39 is 0 Å². The van der Waals surface area contributed by atoms with Crippen molar-refractivity contribution in [2.45, 2.75) is 0 Å². The van der Waals surface area contributed by atoms with Crippen molar-refractivity contribution in [3.8, 4) is 44.5 Å². The zero-order chi connectivity index (χ0) is 81.5. The van der Waals surface area contributed by atoms with Crippen LogP contribution in [0.5, 0.6) is 0 Å². The summed E-state index contributed by atoms with van der Waals surface area (Å²) in [7, 11) is 0. The van der Waals surface area contributed by atoms with Crippen LogP contribution in [-0.4, -0.2) is 0 Å². The fraction of sp³-hybridized carbons (Fsp3) is 0. The molecule has 0 bridgehead atoms. The first-order chi connectivity index (χ1) is 61.5. The summed E-state index contributed by atoms with van der Waals surface area (Å²) in [5, 5.41) is 40.5. The second kappa shape index (κ2) is 28.7. The minimum atomic E-state index is 0.933. The van der Waals surface area contributed by atoms with Crippen molar-refractivity contribution in [1.29, 1.82) is 0 Å². The highest BCUT2D eigenvalue weighted by atomic mass is 16.3. The third kappa shape index (κ3) is 11.5. The quantitative estimate of drug-likeness (QED) is 0.165. The molecule has 4 heterocycles. The van der Waals surface area contributed by atoms with Gasteiger partial charge in [0.2, 0.25) is 0 Å². The summed E-state index contributed by atoms with van der Waals surface area (Å²) in [6.07, 6.45) is 0. The van der Waals surface area contributed by atoms with Crippen molar-refractivity contribution in [3.63, 3.8) is 0 Å². The molecular weight excluding hydrogens is 1510 g/mol. The first-order valence-electron chi connectivity index (χ1n) is 42.5. The molecule has 0 spiro atoms. The monoisotopic (exact) mass is 1580 g/mol. The molecule has 4 aromatic heterocycles. The number of fused-ring (bicyclic) bond motifs is 36. The molecule has 24 aromatic carbocycles. The van der Waals surface area contributed by atoms with Gasteiger partial charge in [-0.25, -0.2) is 0 Å². The molecule has 0 saturated carbocycles. The van der Waals surface area contributed by atoms with Crippen LogP contribution in [0.25, 0.3) is 262 Å². The van der Waals surface area contributed by atoms with E-state index >= 15 is 0 Å². The lowest BCUT2D eigenvalue weighted by atomic mass is 9.91. The maximum atomic E-state index is 6.31. The first kappa shape index (κ1) is 70.6. The van der Waals surface area contributed by atoms with Crippen molar-refractivity contribution < 1.29 is 17.7 Å². The topological polar surface area (TPSA) is 52.6 Å². The van der Waals surface area contributed by atoms with E-state index in [1.807, 2.05) is 48.5 Å². The molecule has 0 fully saturated rings. The van der Waals surface area contributed by atoms with Crippen LogP contribution in [0.15, 0.2) is 454 Å². The van der Waals surface area contributed by atoms with Crippen LogP contribution in [0.4, 0.5) is 0 Å². The van der Waals surface area contributed by atoms with Crippen LogP contribution >= 0.6 is 0 Å². The Morgan fingerprint density at radius 3 is 0.734 bits per heavy atom. The van der Waals surface area contributed by atoms with E-state index in [1.165, 1.54) is 179 Å². The molecule has 28 rings (SSSR count). The van der Waals surface area contributed by atoms with Gasteiger partial charge in [0.1, 0.15) is 44.7 Å². The number of rotatable bonds is 4. The van der Waals surface area contributed by atoms with Crippen LogP contribution in [0, 0.1) is 0 Å². The van der Waals surface area contributed by atoms with Gasteiger partial charge < -0.3 is 17.7 Å². The minimum absolute atomic E-state index is 0.933. The fourth-order valence-corrected chi connectivity index (χ4v) is 20.1. The highest BCUT2D eigenvalue weighted by Gasteiger charge is 2.20. The van der Waals surface area contributed by atoms with E-state index in [0.717, 1.165) is 82.5 Å². The Morgan fingerprint density at radius 1 is 0.105 bits per heavy atom. The van der Waals surface area contributed by atoms with Crippen LogP contribution in [0.1, 0.15) is 0 Å². The van der Waals surface area contributed by atoms with E-state index in [9.17, 15) is 0 Å². The standard InChI is InChI=1S/4C30H18O/c1-2-10-23-21(8-1)22-9-3-4-11-24(22)28-18-19(16-17-25(23)28)20-13-7-14-27-26-12-5-6-15-29(26)31-30(20)27;1-2-10-23-21(8-1)22-9-3-4-11-24(22)27-18-19(16-17-25(23)27)20-13-7-15-29-30(20)26-12-5-6-14-28(26)31-29;1-2-9-23-21(7-1)22-8-3-4-10-24(22)27-17-19(13-15-25(23)27)20-14-16-30-28(18-20)26-11-5-6-12-29(26)31-30;1-2-9-23-21(7-1)22-8-3-4-10-24(22)28-17-19(13-15-25(23)28)20-14-16-27-26-11-5-6-12-29(26)31-30(27)18-20/h4*1-18H. The van der Waals surface area contributed by atoms with Gasteiger partial charge in [-0.15, -0.1) is 0 Å². The third-order valence-electron chi connectivity index (χ3n) is 25.8. The molecule has 0 saturated heterocycles. The Hall–Kier alpha value is -16.4. The average molecular weight is 1580 g/mol. The van der Waals surface area contributed by atoms with Gasteiger partial charge in [-0.05, 0) is 247 Å². The maximum absolute atomic E-state index is 6.31. The van der Waals surface area contributed by atoms with Crippen LogP contribution in [-0.2, 0) is 0 Å². The Morgan fingerprint density at radius 2 is 0.323 bits per heavy atom. The summed E-state index contributed by atoms with van der Waals surface area (Å²) >= 11 is 0. The van der Waals surface area contributed by atoms with E-state index in [2.05, 4.69) is 388 Å². The molecule has 0 aliphatic carbocycles. The lowest BCUT2D eigenvalue weighted by molar-refractivity contribution is 0.668. The van der Waals surface area contributed by atoms with Gasteiger partial charge in [-0.2, -0.15) is 0 Å². The second-order valence-electron chi connectivity index (χ2n) is 32.6. The Bertz CT molecular complexity index is 9120. The van der Waals surface area contributed by atoms with Gasteiger partial charge >= 0.3 is 0 Å². The van der Waals surface area contributed by atoms with Crippen molar-refractivity contribution in [2.24, 2.45) is 0 Å². The van der Waals surface area contributed by atoms with Crippen molar-refractivity contribution >= 4 is 217 Å². The fourth-order valence-electron chi connectivity index (χ4n) is 20.1. The van der Waals surface area contributed by atoms with Gasteiger partial charge in [-0.1, -0.05) is 358 Å². The van der Waals surface area contributed by atoms with Gasteiger partial charge in [0.15, 0.2) is 0 Å². The summed E-state index contributed by atoms with van der Waals surface area (Å²) in [5.41, 5.74) is 17.0. The van der Waals surface area contributed by atoms with E-state index in [-0.39, 0.29) is 0 Å². The zero-order valence-corrected chi connectivity index (χ0v) is 67.2. The molecule has 0 aliphatic heterocycles. The van der Waals surface area contributed by atoms with Crippen molar-refractivity contribution in [2.75, 3.05) is 0 Å². The molecule has 576 valence electrons. The van der Waals surface area contributed by atoms with Gasteiger partial charge in [0, 0.05) is 48.7 Å². The van der Waals surface area contributed by atoms with Gasteiger partial charge in [-0.3, -0.25) is 0 Å². The Kier molecular flexibility index (Phi) is 16.3. The molecule has 4 nitrogen and oxygen atoms in total. The highest BCUT2D eigenvalue weighted by molar-refractivity contribution is 6.30. The number of furan rings is 4. The third-order valence-corrected chi connectivity index (χ3v) is 25.8. The molecule has 0 radical (unpaired) electrons. The SMILES string of the molecule is c1ccc2c(c1)oc1c(-c3ccc4c5ccccc5c5ccccc5c4c3)cccc12.c1ccc2c(c1)oc1cc(-c3ccc4c5ccccc5c5ccccc5c4c3)ccc12.c1ccc2c(c1)oc1ccc(-c3ccc4c5ccccc5c5ccccc5c4c3)cc12.c1ccc2c(c1)oc1cccc(-c3ccc4c5ccccc5c5ccccc5c4c3)c12. The van der Waals surface area contributed by atoms with Crippen LogP contribution in [0.2, 0.25) is 0 Å². The highest BCUT2D eigenvalue weighted by Crippen LogP contribution is 2.47. The lowest BCUT2D eigenvalue weighted by Gasteiger charge is -2.12. The van der Waals surface area contributed by atoms with E-state index in [1.54, 1.807) is 0 Å². The maximum Gasteiger partial charge on any atom is 0.143 e. The molecule has 124 heavy (non-hydrogen) atoms. The molecule has 0 N–H and O–H groups in total. The van der Waals surface area contributed by atoms with Crippen LogP contribution < -0.4 is 0 Å². The molecule has 0 unspecified atom stereocenters. The normalized spacial score (nSPS) is 11.9. The largest absolute Gasteiger partial charge is 0.456 e. The van der Waals surface area contributed by atoms with Gasteiger partial charge in [0.05, 0.1) is 0 Å². The molecule has 0 aliphatic rings. The lowest BCUT2D eigenvalue weighted by Crippen LogP contribution is -1.85. The predicted octanol–water partition coefficient (Wildman–Crippen LogP) is 34.9. The second-order valence-corrected chi connectivity index (χ2v) is 32.6. The number of hydrogen-bond acceptors (Lipinski definition) is 4.